The molecule has 0 unspecified atom stereocenters. The lowest BCUT2D eigenvalue weighted by Crippen LogP contribution is -2.41. The lowest BCUT2D eigenvalue weighted by molar-refractivity contribution is -0.137. The second kappa shape index (κ2) is 7.70. The lowest BCUT2D eigenvalue weighted by Gasteiger charge is -2.41. The average molecular weight is 461 g/mol. The number of ether oxygens (including phenoxy) is 2. The summed E-state index contributed by atoms with van der Waals surface area (Å²) in [7, 11) is 1.41. The van der Waals surface area contributed by atoms with Crippen LogP contribution in [-0.2, 0) is 10.9 Å². The Kier molecular flexibility index (Phi) is 5.17. The molecule has 33 heavy (non-hydrogen) atoms. The van der Waals surface area contributed by atoms with Crippen LogP contribution in [0.4, 0.5) is 13.2 Å². The molecular weight excluding hydrogens is 435 g/mol. The predicted molar refractivity (Wildman–Crippen MR) is 116 cm³/mol. The molecule has 2 fully saturated rings. The summed E-state index contributed by atoms with van der Waals surface area (Å²) in [6.07, 6.45) is 1.11. The number of aliphatic hydroxyl groups is 1. The third kappa shape index (κ3) is 4.08. The van der Waals surface area contributed by atoms with Crippen molar-refractivity contribution < 1.29 is 27.8 Å². The smallest absolute Gasteiger partial charge is 0.416 e. The van der Waals surface area contributed by atoms with Crippen molar-refractivity contribution in [1.82, 2.24) is 14.8 Å². The fraction of sp³-hybridized carbons (Fsp3) is 0.500. The summed E-state index contributed by atoms with van der Waals surface area (Å²) in [6, 6.07) is 4.14. The van der Waals surface area contributed by atoms with Crippen molar-refractivity contribution in [2.24, 2.45) is 0 Å². The number of nitrogens with zero attached hydrogens (tertiary/aromatic N) is 3. The van der Waals surface area contributed by atoms with Gasteiger partial charge < -0.3 is 19.1 Å². The standard InChI is InChI=1S/C24H26F3N3O3/c1-13-6-15(24(25,26)27)7-20(33-12-32-3)21(13)19-8-17-18(14-4-5-14)11-30(22(17)29-28-19)16-9-23(2,31)10-16/h6-8,11,14,16,31H,4-5,9-10,12H2,1-3H3. The molecule has 2 aromatic heterocycles. The van der Waals surface area contributed by atoms with Gasteiger partial charge in [0.1, 0.15) is 5.75 Å². The quantitative estimate of drug-likeness (QED) is 0.500. The van der Waals surface area contributed by atoms with Crippen LogP contribution in [0.3, 0.4) is 0 Å². The largest absolute Gasteiger partial charge is 0.467 e. The predicted octanol–water partition coefficient (Wildman–Crippen LogP) is 5.37. The molecule has 1 aromatic carbocycles. The van der Waals surface area contributed by atoms with Crippen molar-refractivity contribution in [3.8, 4) is 17.0 Å². The molecule has 0 bridgehead atoms. The molecule has 0 atom stereocenters. The number of methoxy groups -OCH3 is 1. The summed E-state index contributed by atoms with van der Waals surface area (Å²) in [6.45, 7) is 3.25. The van der Waals surface area contributed by atoms with Gasteiger partial charge in [-0.2, -0.15) is 13.2 Å². The number of hydrogen-bond donors (Lipinski definition) is 1. The van der Waals surface area contributed by atoms with Gasteiger partial charge in [0.25, 0.3) is 0 Å². The Balaban J connectivity index is 1.62. The van der Waals surface area contributed by atoms with Gasteiger partial charge in [-0.3, -0.25) is 0 Å². The second-order valence-electron chi connectivity index (χ2n) is 9.51. The second-order valence-corrected chi connectivity index (χ2v) is 9.51. The van der Waals surface area contributed by atoms with E-state index >= 15 is 0 Å². The van der Waals surface area contributed by atoms with E-state index in [-0.39, 0.29) is 18.6 Å². The normalized spacial score (nSPS) is 23.1. The maximum atomic E-state index is 13.4. The fourth-order valence-electron chi connectivity index (χ4n) is 4.82. The van der Waals surface area contributed by atoms with E-state index in [1.807, 2.05) is 13.0 Å². The minimum Gasteiger partial charge on any atom is -0.467 e. The first-order chi connectivity index (χ1) is 15.6. The van der Waals surface area contributed by atoms with Gasteiger partial charge in [0.15, 0.2) is 12.4 Å². The summed E-state index contributed by atoms with van der Waals surface area (Å²) >= 11 is 0. The highest BCUT2D eigenvalue weighted by atomic mass is 19.4. The first-order valence-electron chi connectivity index (χ1n) is 11.0. The van der Waals surface area contributed by atoms with Crippen molar-refractivity contribution in [1.29, 1.82) is 0 Å². The molecule has 2 aliphatic rings. The van der Waals surface area contributed by atoms with Crippen LogP contribution in [0.1, 0.15) is 61.3 Å². The third-order valence-electron chi connectivity index (χ3n) is 6.58. The Labute approximate surface area is 189 Å². The van der Waals surface area contributed by atoms with Gasteiger partial charge in [-0.25, -0.2) is 0 Å². The molecule has 2 heterocycles. The minimum absolute atomic E-state index is 0.0558. The lowest BCUT2D eigenvalue weighted by atomic mass is 9.77. The maximum Gasteiger partial charge on any atom is 0.416 e. The van der Waals surface area contributed by atoms with E-state index in [9.17, 15) is 18.3 Å². The molecule has 0 amide bonds. The van der Waals surface area contributed by atoms with Gasteiger partial charge in [-0.15, -0.1) is 10.2 Å². The molecule has 2 aliphatic carbocycles. The van der Waals surface area contributed by atoms with Crippen LogP contribution in [0.25, 0.3) is 22.3 Å². The molecule has 5 rings (SSSR count). The van der Waals surface area contributed by atoms with Crippen LogP contribution in [-0.4, -0.2) is 39.4 Å². The molecule has 6 nitrogen and oxygen atoms in total. The highest BCUT2D eigenvalue weighted by Gasteiger charge is 2.41. The van der Waals surface area contributed by atoms with E-state index in [0.717, 1.165) is 36.0 Å². The molecule has 2 saturated carbocycles. The van der Waals surface area contributed by atoms with Crippen molar-refractivity contribution in [3.05, 3.63) is 41.1 Å². The van der Waals surface area contributed by atoms with E-state index in [4.69, 9.17) is 9.47 Å². The van der Waals surface area contributed by atoms with Crippen LogP contribution >= 0.6 is 0 Å². The van der Waals surface area contributed by atoms with Crippen LogP contribution < -0.4 is 4.74 Å². The topological polar surface area (TPSA) is 69.4 Å². The Morgan fingerprint density at radius 3 is 2.52 bits per heavy atom. The number of rotatable bonds is 6. The Morgan fingerprint density at radius 1 is 1.18 bits per heavy atom. The number of alkyl halides is 3. The first kappa shape index (κ1) is 22.2. The highest BCUT2D eigenvalue weighted by Crippen LogP contribution is 2.48. The van der Waals surface area contributed by atoms with E-state index in [1.165, 1.54) is 12.7 Å². The van der Waals surface area contributed by atoms with E-state index < -0.39 is 17.3 Å². The van der Waals surface area contributed by atoms with Gasteiger partial charge in [-0.1, -0.05) is 0 Å². The summed E-state index contributed by atoms with van der Waals surface area (Å²) in [5, 5.41) is 20.0. The Hall–Kier alpha value is -2.65. The van der Waals surface area contributed by atoms with Gasteiger partial charge in [-0.05, 0) is 74.8 Å². The zero-order valence-corrected chi connectivity index (χ0v) is 18.7. The zero-order valence-electron chi connectivity index (χ0n) is 18.7. The van der Waals surface area contributed by atoms with Gasteiger partial charge in [0.05, 0.1) is 16.9 Å². The van der Waals surface area contributed by atoms with Gasteiger partial charge >= 0.3 is 6.18 Å². The van der Waals surface area contributed by atoms with Crippen molar-refractivity contribution in [2.75, 3.05) is 13.9 Å². The molecule has 0 radical (unpaired) electrons. The van der Waals surface area contributed by atoms with Crippen molar-refractivity contribution >= 4 is 11.0 Å². The zero-order chi connectivity index (χ0) is 23.5. The summed E-state index contributed by atoms with van der Waals surface area (Å²) < 4.78 is 52.8. The minimum atomic E-state index is -4.50. The van der Waals surface area contributed by atoms with Crippen molar-refractivity contribution in [3.63, 3.8) is 0 Å². The number of fused-ring (bicyclic) bond motifs is 1. The van der Waals surface area contributed by atoms with Gasteiger partial charge in [0, 0.05) is 30.3 Å². The fourth-order valence-corrected chi connectivity index (χ4v) is 4.82. The summed E-state index contributed by atoms with van der Waals surface area (Å²) in [4.78, 5) is 0. The number of aryl methyl sites for hydroxylation is 1. The molecule has 0 aliphatic heterocycles. The van der Waals surface area contributed by atoms with E-state index in [2.05, 4.69) is 21.0 Å². The molecular formula is C24H26F3N3O3. The number of halogens is 3. The Morgan fingerprint density at radius 2 is 1.91 bits per heavy atom. The molecule has 1 N–H and O–H groups in total. The number of benzene rings is 1. The average Bonchev–Trinajstić information content (AvgIpc) is 3.50. The number of hydrogen-bond acceptors (Lipinski definition) is 5. The van der Waals surface area contributed by atoms with E-state index in [0.29, 0.717) is 35.6 Å². The molecule has 0 spiro atoms. The maximum absolute atomic E-state index is 13.4. The van der Waals surface area contributed by atoms with Crippen LogP contribution in [0.2, 0.25) is 0 Å². The SMILES string of the molecule is COCOc1cc(C(F)(F)F)cc(C)c1-c1cc2c(C3CC3)cn(C3CC(C)(O)C3)c2nn1. The third-order valence-corrected chi connectivity index (χ3v) is 6.58. The van der Waals surface area contributed by atoms with Crippen LogP contribution in [0, 0.1) is 6.92 Å². The summed E-state index contributed by atoms with van der Waals surface area (Å²) in [5.74, 6) is 0.504. The molecule has 3 aromatic rings. The first-order valence-corrected chi connectivity index (χ1v) is 11.0. The monoisotopic (exact) mass is 461 g/mol. The van der Waals surface area contributed by atoms with Crippen LogP contribution in [0.15, 0.2) is 24.4 Å². The van der Waals surface area contributed by atoms with Gasteiger partial charge in [0.2, 0.25) is 0 Å². The highest BCUT2D eigenvalue weighted by molar-refractivity contribution is 5.86. The number of aromatic nitrogens is 3. The molecule has 9 heteroatoms. The van der Waals surface area contributed by atoms with E-state index in [1.54, 1.807) is 6.92 Å². The molecule has 0 saturated heterocycles. The van der Waals surface area contributed by atoms with Crippen LogP contribution in [0.5, 0.6) is 5.75 Å². The molecule has 176 valence electrons. The Bertz CT molecular complexity index is 1210. The summed E-state index contributed by atoms with van der Waals surface area (Å²) in [5.41, 5.74) is 1.79. The van der Waals surface area contributed by atoms with Crippen molar-refractivity contribution in [2.45, 2.75) is 63.3 Å².